The molecule has 1 N–H and O–H groups in total. The summed E-state index contributed by atoms with van der Waals surface area (Å²) in [6.45, 7) is 1.24. The second kappa shape index (κ2) is 8.10. The highest BCUT2D eigenvalue weighted by Gasteiger charge is 2.45. The molecule has 1 aromatic carbocycles. The number of benzene rings is 1. The maximum absolute atomic E-state index is 13.0. The zero-order valence-corrected chi connectivity index (χ0v) is 16.3. The Balaban J connectivity index is 2.21. The average Bonchev–Trinajstić information content (AvgIpc) is 2.77. The zero-order chi connectivity index (χ0) is 19.6. The second-order valence-corrected chi connectivity index (χ2v) is 8.79. The molecule has 3 rings (SSSR count). The van der Waals surface area contributed by atoms with Gasteiger partial charge in [-0.3, -0.25) is 9.79 Å². The van der Waals surface area contributed by atoms with Crippen LogP contribution in [0.25, 0.3) is 0 Å². The minimum absolute atomic E-state index is 0.0469. The van der Waals surface area contributed by atoms with Gasteiger partial charge in [-0.2, -0.15) is 0 Å². The lowest BCUT2D eigenvalue weighted by atomic mass is 9.80. The van der Waals surface area contributed by atoms with Crippen LogP contribution in [0.2, 0.25) is 5.02 Å². The number of hydrogen-bond donors (Lipinski definition) is 1. The van der Waals surface area contributed by atoms with Crippen molar-refractivity contribution in [2.45, 2.75) is 12.8 Å². The molecule has 0 aliphatic carbocycles. The first-order chi connectivity index (χ1) is 12.9. The summed E-state index contributed by atoms with van der Waals surface area (Å²) < 4.78 is 36.5. The Morgan fingerprint density at radius 3 is 2.85 bits per heavy atom. The fourth-order valence-electron chi connectivity index (χ4n) is 3.42. The van der Waals surface area contributed by atoms with Crippen molar-refractivity contribution < 1.29 is 27.8 Å². The van der Waals surface area contributed by atoms with E-state index >= 15 is 0 Å². The molecule has 2 heterocycles. The highest BCUT2D eigenvalue weighted by molar-refractivity contribution is 7.95. The lowest BCUT2D eigenvalue weighted by Gasteiger charge is -2.32. The number of halogens is 1. The van der Waals surface area contributed by atoms with Gasteiger partial charge in [0.15, 0.2) is 9.84 Å². The van der Waals surface area contributed by atoms with Gasteiger partial charge in [0, 0.05) is 16.7 Å². The van der Waals surface area contributed by atoms with E-state index in [1.807, 2.05) is 0 Å². The lowest BCUT2D eigenvalue weighted by molar-refractivity contribution is -0.147. The van der Waals surface area contributed by atoms with E-state index in [2.05, 4.69) is 4.99 Å². The molecule has 146 valence electrons. The fourth-order valence-corrected chi connectivity index (χ4v) is 5.35. The summed E-state index contributed by atoms with van der Waals surface area (Å²) >= 11 is 6.36. The molecule has 0 bridgehead atoms. The van der Waals surface area contributed by atoms with Gasteiger partial charge in [0.25, 0.3) is 0 Å². The Morgan fingerprint density at radius 2 is 2.15 bits per heavy atom. The molecule has 1 aromatic rings. The number of sulfone groups is 1. The van der Waals surface area contributed by atoms with E-state index in [1.165, 1.54) is 0 Å². The van der Waals surface area contributed by atoms with E-state index in [0.717, 1.165) is 0 Å². The quantitative estimate of drug-likeness (QED) is 0.754. The lowest BCUT2D eigenvalue weighted by Crippen LogP contribution is -2.37. The number of allylic oxidation sites excluding steroid dienone is 1. The van der Waals surface area contributed by atoms with Crippen LogP contribution in [0.15, 0.2) is 39.9 Å². The maximum atomic E-state index is 13.0. The largest absolute Gasteiger partial charge is 0.463 e. The molecule has 0 saturated heterocycles. The summed E-state index contributed by atoms with van der Waals surface area (Å²) in [6.07, 6.45) is 0. The number of aliphatic hydroxyl groups is 1. The molecule has 0 saturated carbocycles. The third-order valence-corrected chi connectivity index (χ3v) is 6.77. The predicted octanol–water partition coefficient (Wildman–Crippen LogP) is 1.71. The number of rotatable bonds is 4. The van der Waals surface area contributed by atoms with Crippen LogP contribution in [0.1, 0.15) is 18.4 Å². The van der Waals surface area contributed by atoms with Crippen molar-refractivity contribution in [3.05, 3.63) is 45.5 Å². The zero-order valence-electron chi connectivity index (χ0n) is 14.7. The number of aliphatic hydroxyl groups excluding tert-OH is 1. The number of aliphatic imine (C=N–C) groups is 1. The van der Waals surface area contributed by atoms with Gasteiger partial charge < -0.3 is 14.6 Å². The van der Waals surface area contributed by atoms with Crippen LogP contribution in [0.3, 0.4) is 0 Å². The number of esters is 1. The number of hydrogen-bond acceptors (Lipinski definition) is 7. The van der Waals surface area contributed by atoms with Crippen LogP contribution in [0, 0.1) is 5.92 Å². The van der Waals surface area contributed by atoms with Crippen molar-refractivity contribution in [1.29, 1.82) is 0 Å². The molecule has 2 unspecified atom stereocenters. The third-order valence-electron chi connectivity index (χ3n) is 4.56. The summed E-state index contributed by atoms with van der Waals surface area (Å²) in [5, 5.41) is 9.32. The van der Waals surface area contributed by atoms with Crippen LogP contribution >= 0.6 is 11.6 Å². The molecule has 2 aliphatic heterocycles. The van der Waals surface area contributed by atoms with E-state index in [4.69, 9.17) is 26.2 Å². The molecule has 0 aromatic heterocycles. The predicted molar refractivity (Wildman–Crippen MR) is 100 cm³/mol. The van der Waals surface area contributed by atoms with Crippen molar-refractivity contribution in [2.24, 2.45) is 10.9 Å². The van der Waals surface area contributed by atoms with Gasteiger partial charge in [0.2, 0.25) is 0 Å². The highest BCUT2D eigenvalue weighted by atomic mass is 35.5. The Morgan fingerprint density at radius 1 is 1.41 bits per heavy atom. The molecule has 9 heteroatoms. The molecule has 2 atom stereocenters. The molecular formula is C18H20ClNO6S. The smallest absolute Gasteiger partial charge is 0.315 e. The minimum Gasteiger partial charge on any atom is -0.463 e. The summed E-state index contributed by atoms with van der Waals surface area (Å²) in [4.78, 5) is 17.1. The maximum Gasteiger partial charge on any atom is 0.315 e. The number of carbonyl (C=O) groups is 1. The molecular weight excluding hydrogens is 394 g/mol. The van der Waals surface area contributed by atoms with Crippen molar-refractivity contribution in [2.75, 3.05) is 32.2 Å². The van der Waals surface area contributed by atoms with E-state index in [9.17, 15) is 13.2 Å². The fraction of sp³-hybridized carbons (Fsp3) is 0.444. The Labute approximate surface area is 162 Å². The topological polar surface area (TPSA) is 102 Å². The molecule has 0 radical (unpaired) electrons. The summed E-state index contributed by atoms with van der Waals surface area (Å²) in [6, 6.07) is 6.81. The van der Waals surface area contributed by atoms with Gasteiger partial charge in [-0.25, -0.2) is 8.42 Å². The Kier molecular flexibility index (Phi) is 6.00. The van der Waals surface area contributed by atoms with Crippen LogP contribution in [0.5, 0.6) is 0 Å². The van der Waals surface area contributed by atoms with E-state index in [0.29, 0.717) is 22.0 Å². The van der Waals surface area contributed by atoms with E-state index in [-0.39, 0.29) is 37.1 Å². The number of nitrogens with zero attached hydrogens (tertiary/aromatic N) is 1. The number of carbonyl (C=O) groups excluding carboxylic acids is 1. The standard InChI is InChI=1S/C18H20ClNO6S/c1-11-15(18(22)26-7-6-21)16(12-4-2-3-5-13(12)19)17-14(20-11)10-25-8-9-27(17,23)24/h2-5,15-16,21H,6-10H2,1H3. The second-order valence-electron chi connectivity index (χ2n) is 6.30. The van der Waals surface area contributed by atoms with Crippen LogP contribution in [-0.4, -0.2) is 57.4 Å². The Bertz CT molecular complexity index is 908. The van der Waals surface area contributed by atoms with Gasteiger partial charge >= 0.3 is 5.97 Å². The first-order valence-corrected chi connectivity index (χ1v) is 10.5. The van der Waals surface area contributed by atoms with Gasteiger partial charge in [-0.05, 0) is 18.6 Å². The van der Waals surface area contributed by atoms with Crippen LogP contribution in [-0.2, 0) is 24.1 Å². The van der Waals surface area contributed by atoms with E-state index in [1.54, 1.807) is 31.2 Å². The molecule has 2 aliphatic rings. The molecule has 0 amide bonds. The molecule has 0 spiro atoms. The first-order valence-electron chi connectivity index (χ1n) is 8.47. The summed E-state index contributed by atoms with van der Waals surface area (Å²) in [7, 11) is -3.71. The van der Waals surface area contributed by atoms with Crippen molar-refractivity contribution in [3.8, 4) is 0 Å². The highest BCUT2D eigenvalue weighted by Crippen LogP contribution is 2.45. The number of ether oxygens (including phenoxy) is 2. The average molecular weight is 414 g/mol. The normalized spacial score (nSPS) is 24.6. The first kappa shape index (κ1) is 20.0. The van der Waals surface area contributed by atoms with Crippen LogP contribution < -0.4 is 0 Å². The monoisotopic (exact) mass is 413 g/mol. The van der Waals surface area contributed by atoms with Crippen LogP contribution in [0.4, 0.5) is 0 Å². The van der Waals surface area contributed by atoms with Crippen molar-refractivity contribution >= 4 is 33.1 Å². The van der Waals surface area contributed by atoms with Crippen molar-refractivity contribution in [1.82, 2.24) is 0 Å². The third kappa shape index (κ3) is 3.94. The van der Waals surface area contributed by atoms with Gasteiger partial charge in [0.1, 0.15) is 12.5 Å². The molecule has 27 heavy (non-hydrogen) atoms. The molecule has 7 nitrogen and oxygen atoms in total. The Hall–Kier alpha value is -1.74. The molecule has 0 fully saturated rings. The SMILES string of the molecule is CC1=NC2=C(C(c3ccccc3Cl)C1C(=O)OCCO)S(=O)(=O)CCOC2. The van der Waals surface area contributed by atoms with Gasteiger partial charge in [-0.1, -0.05) is 29.8 Å². The summed E-state index contributed by atoms with van der Waals surface area (Å²) in [5.41, 5.74) is 1.22. The van der Waals surface area contributed by atoms with Gasteiger partial charge in [0.05, 0.1) is 36.2 Å². The van der Waals surface area contributed by atoms with E-state index < -0.39 is 27.6 Å². The summed E-state index contributed by atoms with van der Waals surface area (Å²) in [5.74, 6) is -2.66. The van der Waals surface area contributed by atoms with Gasteiger partial charge in [-0.15, -0.1) is 0 Å². The minimum atomic E-state index is -3.71. The van der Waals surface area contributed by atoms with Crippen molar-refractivity contribution in [3.63, 3.8) is 0 Å².